The molecule has 1 aromatic carbocycles. The fraction of sp³-hybridized carbons (Fsp3) is 0.500. The van der Waals surface area contributed by atoms with Gasteiger partial charge in [0, 0.05) is 24.8 Å². The Hall–Kier alpha value is -1.09. The standard InChI is InChI=1S/C14H22N2S/c1-10(2)8-9-16(4)13-11(3)6-5-7-12(13)14(15)17/h5-7,10H,8-9H2,1-4H3,(H2,15,17). The van der Waals surface area contributed by atoms with Crippen LogP contribution in [0.3, 0.4) is 0 Å². The summed E-state index contributed by atoms with van der Waals surface area (Å²) >= 11 is 5.12. The van der Waals surface area contributed by atoms with Gasteiger partial charge in [0.15, 0.2) is 0 Å². The quantitative estimate of drug-likeness (QED) is 0.814. The number of hydrogen-bond acceptors (Lipinski definition) is 2. The molecule has 0 fully saturated rings. The Bertz CT molecular complexity index is 399. The lowest BCUT2D eigenvalue weighted by Gasteiger charge is -2.25. The third-order valence-corrected chi connectivity index (χ3v) is 3.15. The summed E-state index contributed by atoms with van der Waals surface area (Å²) < 4.78 is 0. The highest BCUT2D eigenvalue weighted by atomic mass is 32.1. The zero-order chi connectivity index (χ0) is 13.0. The van der Waals surface area contributed by atoms with E-state index in [1.807, 2.05) is 12.1 Å². The number of para-hydroxylation sites is 1. The maximum atomic E-state index is 5.78. The Labute approximate surface area is 110 Å². The van der Waals surface area contributed by atoms with Crippen molar-refractivity contribution in [2.24, 2.45) is 11.7 Å². The maximum Gasteiger partial charge on any atom is 0.106 e. The van der Waals surface area contributed by atoms with Crippen molar-refractivity contribution in [1.29, 1.82) is 0 Å². The molecule has 0 aliphatic rings. The molecule has 3 heteroatoms. The van der Waals surface area contributed by atoms with E-state index in [4.69, 9.17) is 18.0 Å². The van der Waals surface area contributed by atoms with Gasteiger partial charge >= 0.3 is 0 Å². The van der Waals surface area contributed by atoms with E-state index in [0.29, 0.717) is 10.9 Å². The normalized spacial score (nSPS) is 10.6. The molecule has 1 aromatic rings. The van der Waals surface area contributed by atoms with Crippen LogP contribution in [0.1, 0.15) is 31.4 Å². The van der Waals surface area contributed by atoms with Crippen molar-refractivity contribution in [3.63, 3.8) is 0 Å². The topological polar surface area (TPSA) is 29.3 Å². The van der Waals surface area contributed by atoms with Crippen LogP contribution in [0.15, 0.2) is 18.2 Å². The molecule has 94 valence electrons. The van der Waals surface area contributed by atoms with E-state index in [2.05, 4.69) is 38.8 Å². The number of aryl methyl sites for hydroxylation is 1. The van der Waals surface area contributed by atoms with Crippen molar-refractivity contribution in [2.75, 3.05) is 18.5 Å². The minimum atomic E-state index is 0.472. The molecule has 2 nitrogen and oxygen atoms in total. The van der Waals surface area contributed by atoms with Gasteiger partial charge in [0.2, 0.25) is 0 Å². The van der Waals surface area contributed by atoms with Crippen LogP contribution < -0.4 is 10.6 Å². The van der Waals surface area contributed by atoms with Crippen LogP contribution in [0.5, 0.6) is 0 Å². The summed E-state index contributed by atoms with van der Waals surface area (Å²) in [6, 6.07) is 6.10. The second-order valence-electron chi connectivity index (χ2n) is 4.94. The number of thiocarbonyl (C=S) groups is 1. The van der Waals surface area contributed by atoms with Crippen molar-refractivity contribution in [3.05, 3.63) is 29.3 Å². The molecule has 0 amide bonds. The number of hydrogen-bond donors (Lipinski definition) is 1. The highest BCUT2D eigenvalue weighted by Crippen LogP contribution is 2.24. The van der Waals surface area contributed by atoms with E-state index in [0.717, 1.165) is 12.1 Å². The van der Waals surface area contributed by atoms with Crippen molar-refractivity contribution in [2.45, 2.75) is 27.2 Å². The van der Waals surface area contributed by atoms with E-state index in [1.165, 1.54) is 17.7 Å². The predicted molar refractivity (Wildman–Crippen MR) is 79.8 cm³/mol. The van der Waals surface area contributed by atoms with Crippen LogP contribution in [-0.4, -0.2) is 18.6 Å². The van der Waals surface area contributed by atoms with Crippen molar-refractivity contribution < 1.29 is 0 Å². The average Bonchev–Trinajstić information content (AvgIpc) is 2.25. The first-order valence-corrected chi connectivity index (χ1v) is 6.45. The van der Waals surface area contributed by atoms with Gasteiger partial charge in [-0.25, -0.2) is 0 Å². The summed E-state index contributed by atoms with van der Waals surface area (Å²) in [6.45, 7) is 7.60. The van der Waals surface area contributed by atoms with E-state index >= 15 is 0 Å². The van der Waals surface area contributed by atoms with E-state index in [9.17, 15) is 0 Å². The molecular weight excluding hydrogens is 228 g/mol. The van der Waals surface area contributed by atoms with Crippen molar-refractivity contribution >= 4 is 22.9 Å². The lowest BCUT2D eigenvalue weighted by Crippen LogP contribution is -2.24. The minimum absolute atomic E-state index is 0.472. The molecule has 0 unspecified atom stereocenters. The van der Waals surface area contributed by atoms with Crippen molar-refractivity contribution in [3.8, 4) is 0 Å². The summed E-state index contributed by atoms with van der Waals surface area (Å²) in [5.74, 6) is 0.703. The molecule has 17 heavy (non-hydrogen) atoms. The first kappa shape index (κ1) is 14.0. The number of rotatable bonds is 5. The Morgan fingerprint density at radius 3 is 2.59 bits per heavy atom. The lowest BCUT2D eigenvalue weighted by molar-refractivity contribution is 0.585. The number of nitrogens with zero attached hydrogens (tertiary/aromatic N) is 1. The first-order chi connectivity index (χ1) is 7.93. The molecular formula is C14H22N2S. The van der Waals surface area contributed by atoms with Gasteiger partial charge in [0.25, 0.3) is 0 Å². The fourth-order valence-corrected chi connectivity index (χ4v) is 2.09. The Balaban J connectivity index is 2.98. The zero-order valence-corrected chi connectivity index (χ0v) is 12.0. The molecule has 0 atom stereocenters. The van der Waals surface area contributed by atoms with Crippen LogP contribution in [0.4, 0.5) is 5.69 Å². The second kappa shape index (κ2) is 6.01. The van der Waals surface area contributed by atoms with Gasteiger partial charge in [-0.15, -0.1) is 0 Å². The van der Waals surface area contributed by atoms with E-state index < -0.39 is 0 Å². The smallest absolute Gasteiger partial charge is 0.106 e. The van der Waals surface area contributed by atoms with E-state index in [-0.39, 0.29) is 0 Å². The predicted octanol–water partition coefficient (Wildman–Crippen LogP) is 3.11. The Morgan fingerprint density at radius 2 is 2.06 bits per heavy atom. The average molecular weight is 250 g/mol. The maximum absolute atomic E-state index is 5.78. The monoisotopic (exact) mass is 250 g/mol. The Morgan fingerprint density at radius 1 is 1.41 bits per heavy atom. The van der Waals surface area contributed by atoms with Gasteiger partial charge in [-0.05, 0) is 30.9 Å². The summed E-state index contributed by atoms with van der Waals surface area (Å²) in [5, 5.41) is 0. The van der Waals surface area contributed by atoms with Crippen LogP contribution in [0, 0.1) is 12.8 Å². The molecule has 0 aromatic heterocycles. The van der Waals surface area contributed by atoms with E-state index in [1.54, 1.807) is 0 Å². The minimum Gasteiger partial charge on any atom is -0.389 e. The van der Waals surface area contributed by atoms with Gasteiger partial charge in [-0.2, -0.15) is 0 Å². The molecule has 2 N–H and O–H groups in total. The second-order valence-corrected chi connectivity index (χ2v) is 5.38. The van der Waals surface area contributed by atoms with Gasteiger partial charge in [0.05, 0.1) is 0 Å². The highest BCUT2D eigenvalue weighted by molar-refractivity contribution is 7.80. The largest absolute Gasteiger partial charge is 0.389 e. The van der Waals surface area contributed by atoms with Crippen molar-refractivity contribution in [1.82, 2.24) is 0 Å². The summed E-state index contributed by atoms with van der Waals surface area (Å²) in [6.07, 6.45) is 1.17. The number of anilines is 1. The van der Waals surface area contributed by atoms with Gasteiger partial charge < -0.3 is 10.6 Å². The van der Waals surface area contributed by atoms with Crippen LogP contribution in [-0.2, 0) is 0 Å². The molecule has 0 saturated heterocycles. The zero-order valence-electron chi connectivity index (χ0n) is 11.2. The van der Waals surface area contributed by atoms with Crippen LogP contribution >= 0.6 is 12.2 Å². The summed E-state index contributed by atoms with van der Waals surface area (Å²) in [5.41, 5.74) is 9.15. The summed E-state index contributed by atoms with van der Waals surface area (Å²) in [7, 11) is 2.10. The molecule has 0 heterocycles. The lowest BCUT2D eigenvalue weighted by atomic mass is 10.1. The molecule has 0 aliphatic heterocycles. The number of benzene rings is 1. The molecule has 0 spiro atoms. The highest BCUT2D eigenvalue weighted by Gasteiger charge is 2.12. The van der Waals surface area contributed by atoms with Gasteiger partial charge in [-0.3, -0.25) is 0 Å². The Kier molecular flexibility index (Phi) is 4.94. The van der Waals surface area contributed by atoms with Crippen LogP contribution in [0.25, 0.3) is 0 Å². The molecule has 0 bridgehead atoms. The molecule has 0 saturated carbocycles. The van der Waals surface area contributed by atoms with Gasteiger partial charge in [-0.1, -0.05) is 38.2 Å². The summed E-state index contributed by atoms with van der Waals surface area (Å²) in [4.78, 5) is 2.73. The SMILES string of the molecule is Cc1cccc(C(N)=S)c1N(C)CCC(C)C. The number of nitrogens with two attached hydrogens (primary N) is 1. The molecule has 1 rings (SSSR count). The van der Waals surface area contributed by atoms with Gasteiger partial charge in [0.1, 0.15) is 4.99 Å². The molecule has 0 aliphatic carbocycles. The fourth-order valence-electron chi connectivity index (χ4n) is 1.93. The molecule has 0 radical (unpaired) electrons. The third kappa shape index (κ3) is 3.70. The van der Waals surface area contributed by atoms with Crippen LogP contribution in [0.2, 0.25) is 0 Å². The first-order valence-electron chi connectivity index (χ1n) is 6.04. The third-order valence-electron chi connectivity index (χ3n) is 2.93.